The minimum atomic E-state index is -0.802. The molecule has 8 heteroatoms. The summed E-state index contributed by atoms with van der Waals surface area (Å²) in [6, 6.07) is 22.7. The van der Waals surface area contributed by atoms with Gasteiger partial charge in [0.1, 0.15) is 12.1 Å². The van der Waals surface area contributed by atoms with Gasteiger partial charge in [-0.05, 0) is 60.5 Å². The molecule has 1 aliphatic rings. The van der Waals surface area contributed by atoms with E-state index >= 15 is 0 Å². The van der Waals surface area contributed by atoms with E-state index in [0.29, 0.717) is 43.0 Å². The van der Waals surface area contributed by atoms with Crippen LogP contribution in [0, 0.1) is 0 Å². The van der Waals surface area contributed by atoms with E-state index in [1.54, 1.807) is 29.2 Å². The highest BCUT2D eigenvalue weighted by atomic mass is 16.2. The fourth-order valence-corrected chi connectivity index (χ4v) is 5.36. The second-order valence-electron chi connectivity index (χ2n) is 11.4. The molecule has 0 unspecified atom stereocenters. The Kier molecular flexibility index (Phi) is 11.2. The van der Waals surface area contributed by atoms with Crippen LogP contribution in [0.4, 0.5) is 5.69 Å². The second-order valence-corrected chi connectivity index (χ2v) is 11.4. The van der Waals surface area contributed by atoms with E-state index in [4.69, 9.17) is 5.73 Å². The molecule has 4 rings (SSSR count). The van der Waals surface area contributed by atoms with Gasteiger partial charge in [0.15, 0.2) is 5.78 Å². The number of nitrogens with zero attached hydrogens (tertiary/aromatic N) is 1. The van der Waals surface area contributed by atoms with Crippen LogP contribution in [0.3, 0.4) is 0 Å². The number of carbonyl (C=O) groups is 4. The van der Waals surface area contributed by atoms with Crippen molar-refractivity contribution in [2.75, 3.05) is 11.9 Å². The predicted octanol–water partition coefficient (Wildman–Crippen LogP) is 4.98. The quantitative estimate of drug-likeness (QED) is 0.194. The molecule has 3 aromatic rings. The number of nitrogens with one attached hydrogen (secondary N) is 2. The molecule has 0 fully saturated rings. The van der Waals surface area contributed by atoms with Gasteiger partial charge in [0, 0.05) is 37.1 Å². The number of fused-ring (bicyclic) bond motifs is 1. The first-order valence-corrected chi connectivity index (χ1v) is 15.1. The van der Waals surface area contributed by atoms with Crippen LogP contribution >= 0.6 is 0 Å². The van der Waals surface area contributed by atoms with Gasteiger partial charge in [0.25, 0.3) is 0 Å². The highest BCUT2D eigenvalue weighted by Gasteiger charge is 2.36. The zero-order valence-electron chi connectivity index (χ0n) is 25.1. The number of anilines is 1. The topological polar surface area (TPSA) is 122 Å². The van der Waals surface area contributed by atoms with Crippen molar-refractivity contribution in [3.05, 3.63) is 101 Å². The van der Waals surface area contributed by atoms with E-state index in [9.17, 15) is 19.2 Å². The van der Waals surface area contributed by atoms with Crippen LogP contribution in [0.5, 0.6) is 0 Å². The lowest BCUT2D eigenvalue weighted by molar-refractivity contribution is -0.142. The summed E-state index contributed by atoms with van der Waals surface area (Å²) in [5, 5.41) is 5.89. The summed E-state index contributed by atoms with van der Waals surface area (Å²) in [6.45, 7) is 4.96. The first-order valence-electron chi connectivity index (χ1n) is 15.1. The Hall–Kier alpha value is -4.30. The van der Waals surface area contributed by atoms with Gasteiger partial charge in [-0.1, -0.05) is 80.6 Å². The number of ketones is 1. The van der Waals surface area contributed by atoms with Gasteiger partial charge >= 0.3 is 0 Å². The van der Waals surface area contributed by atoms with Crippen molar-refractivity contribution in [2.45, 2.75) is 76.9 Å². The fraction of sp³-hybridized carbons (Fsp3) is 0.371. The Morgan fingerprint density at radius 1 is 0.860 bits per heavy atom. The van der Waals surface area contributed by atoms with Crippen molar-refractivity contribution < 1.29 is 19.2 Å². The van der Waals surface area contributed by atoms with Gasteiger partial charge in [-0.15, -0.1) is 0 Å². The van der Waals surface area contributed by atoms with Gasteiger partial charge < -0.3 is 21.3 Å². The van der Waals surface area contributed by atoms with Gasteiger partial charge in [-0.25, -0.2) is 0 Å². The van der Waals surface area contributed by atoms with Crippen molar-refractivity contribution in [1.29, 1.82) is 0 Å². The molecule has 0 radical (unpaired) electrons. The van der Waals surface area contributed by atoms with Gasteiger partial charge in [0.05, 0.1) is 0 Å². The Bertz CT molecular complexity index is 1400. The molecule has 8 nitrogen and oxygen atoms in total. The van der Waals surface area contributed by atoms with Crippen LogP contribution < -0.4 is 16.4 Å². The molecule has 3 aromatic carbocycles. The van der Waals surface area contributed by atoms with Crippen molar-refractivity contribution >= 4 is 29.2 Å². The first-order chi connectivity index (χ1) is 20.8. The Labute approximate surface area is 254 Å². The number of Topliss-reactive ketones (excluding diaryl/α,β-unsaturated/α-hetero) is 1. The lowest BCUT2D eigenvalue weighted by Gasteiger charge is -2.37. The first kappa shape index (κ1) is 31.6. The number of nitrogens with two attached hydrogens (primary N) is 1. The zero-order chi connectivity index (χ0) is 30.8. The van der Waals surface area contributed by atoms with Crippen LogP contribution in [-0.2, 0) is 27.3 Å². The highest BCUT2D eigenvalue weighted by Crippen LogP contribution is 2.25. The third kappa shape index (κ3) is 8.61. The Morgan fingerprint density at radius 3 is 2.21 bits per heavy atom. The molecular weight excluding hydrogens is 540 g/mol. The fourth-order valence-electron chi connectivity index (χ4n) is 5.36. The normalized spacial score (nSPS) is 15.0. The number of hydrogen-bond acceptors (Lipinski definition) is 5. The van der Waals surface area contributed by atoms with E-state index in [0.717, 1.165) is 17.5 Å². The molecule has 0 saturated carbocycles. The molecular formula is C35H42N4O4. The highest BCUT2D eigenvalue weighted by molar-refractivity contribution is 6.00. The van der Waals surface area contributed by atoms with Crippen LogP contribution in [0.2, 0.25) is 0 Å². The maximum atomic E-state index is 13.8. The van der Waals surface area contributed by atoms with E-state index in [1.807, 2.05) is 54.6 Å². The maximum absolute atomic E-state index is 13.8. The van der Waals surface area contributed by atoms with Crippen molar-refractivity contribution in [1.82, 2.24) is 10.2 Å². The molecule has 0 aliphatic carbocycles. The lowest BCUT2D eigenvalue weighted by Crippen LogP contribution is -2.56. The number of benzene rings is 3. The largest absolute Gasteiger partial charge is 0.342 e. The average molecular weight is 583 g/mol. The SMILES string of the molecule is CC(C)c1ccc(NC(=O)[C@H](CCCCN)NC(=O)[C@@H]2Cc3ccccc3CN2C(=O)CCC(=O)c2ccccc2)cc1. The summed E-state index contributed by atoms with van der Waals surface area (Å²) in [7, 11) is 0. The summed E-state index contributed by atoms with van der Waals surface area (Å²) in [5.74, 6) is -0.722. The minimum absolute atomic E-state index is 0.00748. The summed E-state index contributed by atoms with van der Waals surface area (Å²) in [5.41, 5.74) is 10.0. The third-order valence-electron chi connectivity index (χ3n) is 7.96. The minimum Gasteiger partial charge on any atom is -0.342 e. The average Bonchev–Trinajstić information content (AvgIpc) is 3.03. The van der Waals surface area contributed by atoms with Gasteiger partial charge in [0.2, 0.25) is 17.7 Å². The van der Waals surface area contributed by atoms with E-state index < -0.39 is 12.1 Å². The monoisotopic (exact) mass is 582 g/mol. The van der Waals surface area contributed by atoms with Crippen LogP contribution in [-0.4, -0.2) is 47.0 Å². The van der Waals surface area contributed by atoms with E-state index in [1.165, 1.54) is 5.56 Å². The molecule has 4 N–H and O–H groups in total. The summed E-state index contributed by atoms with van der Waals surface area (Å²) in [4.78, 5) is 55.0. The number of rotatable bonds is 13. The summed E-state index contributed by atoms with van der Waals surface area (Å²) < 4.78 is 0. The van der Waals surface area contributed by atoms with Crippen molar-refractivity contribution in [3.8, 4) is 0 Å². The van der Waals surface area contributed by atoms with Crippen LogP contribution in [0.25, 0.3) is 0 Å². The molecule has 3 amide bonds. The third-order valence-corrected chi connectivity index (χ3v) is 7.96. The molecule has 0 saturated heterocycles. The Balaban J connectivity index is 1.49. The zero-order valence-corrected chi connectivity index (χ0v) is 25.1. The van der Waals surface area contributed by atoms with Crippen LogP contribution in [0.1, 0.15) is 78.9 Å². The number of carbonyl (C=O) groups excluding carboxylic acids is 4. The maximum Gasteiger partial charge on any atom is 0.246 e. The van der Waals surface area contributed by atoms with Gasteiger partial charge in [-0.2, -0.15) is 0 Å². The Morgan fingerprint density at radius 2 is 1.53 bits per heavy atom. The molecule has 1 aliphatic heterocycles. The molecule has 226 valence electrons. The van der Waals surface area contributed by atoms with Crippen LogP contribution in [0.15, 0.2) is 78.9 Å². The van der Waals surface area contributed by atoms with Crippen molar-refractivity contribution in [2.24, 2.45) is 5.73 Å². The molecule has 0 spiro atoms. The second kappa shape index (κ2) is 15.3. The van der Waals surface area contributed by atoms with Gasteiger partial charge in [-0.3, -0.25) is 19.2 Å². The molecule has 0 aromatic heterocycles. The predicted molar refractivity (Wildman–Crippen MR) is 168 cm³/mol. The molecule has 0 bridgehead atoms. The van der Waals surface area contributed by atoms with E-state index in [-0.39, 0.29) is 42.9 Å². The number of hydrogen-bond donors (Lipinski definition) is 3. The summed E-state index contributed by atoms with van der Waals surface area (Å²) in [6.07, 6.45) is 2.18. The molecule has 2 atom stereocenters. The number of amides is 3. The smallest absolute Gasteiger partial charge is 0.246 e. The summed E-state index contributed by atoms with van der Waals surface area (Å²) >= 11 is 0. The lowest BCUT2D eigenvalue weighted by atomic mass is 9.92. The van der Waals surface area contributed by atoms with E-state index in [2.05, 4.69) is 24.5 Å². The van der Waals surface area contributed by atoms with Crippen molar-refractivity contribution in [3.63, 3.8) is 0 Å². The molecule has 1 heterocycles. The molecule has 43 heavy (non-hydrogen) atoms. The standard InChI is InChI=1S/C35H42N4O4/c1-24(2)25-15-17-29(18-16-25)37-34(42)30(14-8-9-21-36)38-35(43)31-22-27-12-6-7-13-28(27)23-39(31)33(41)20-19-32(40)26-10-4-3-5-11-26/h3-7,10-13,15-18,24,30-31H,8-9,14,19-23,36H2,1-2H3,(H,37,42)(H,38,43)/t30-,31-/m0/s1. The number of unbranched alkanes of at least 4 members (excludes halogenated alkanes) is 1.